The standard InChI is InChI=1S/C11H11ClN4O/c1-7-4-11(17)16(14-5-7)6-9-8(12)2-3-10(13)15-9/h2-5H,6H2,1H3,(H2,13,15). The SMILES string of the molecule is Cc1cnn(Cc2nc(N)ccc2Cl)c(=O)c1. The van der Waals surface area contributed by atoms with Crippen LogP contribution in [-0.2, 0) is 6.54 Å². The van der Waals surface area contributed by atoms with Crippen molar-refractivity contribution < 1.29 is 0 Å². The summed E-state index contributed by atoms with van der Waals surface area (Å²) in [6, 6.07) is 4.77. The molecule has 2 aromatic heterocycles. The number of hydrogen-bond donors (Lipinski definition) is 1. The van der Waals surface area contributed by atoms with Crippen LogP contribution in [0.4, 0.5) is 5.82 Å². The van der Waals surface area contributed by atoms with Crippen LogP contribution in [0, 0.1) is 6.92 Å². The lowest BCUT2D eigenvalue weighted by Crippen LogP contribution is -2.23. The Morgan fingerprint density at radius 1 is 1.47 bits per heavy atom. The predicted octanol–water partition coefficient (Wildman–Crippen LogP) is 1.23. The summed E-state index contributed by atoms with van der Waals surface area (Å²) in [4.78, 5) is 15.7. The van der Waals surface area contributed by atoms with Crippen molar-refractivity contribution in [3.63, 3.8) is 0 Å². The monoisotopic (exact) mass is 250 g/mol. The molecule has 17 heavy (non-hydrogen) atoms. The van der Waals surface area contributed by atoms with E-state index in [1.165, 1.54) is 10.7 Å². The highest BCUT2D eigenvalue weighted by Crippen LogP contribution is 2.15. The van der Waals surface area contributed by atoms with Gasteiger partial charge in [0.25, 0.3) is 5.56 Å². The maximum atomic E-state index is 11.6. The molecule has 2 rings (SSSR count). The average molecular weight is 251 g/mol. The molecule has 0 aromatic carbocycles. The molecule has 0 saturated heterocycles. The smallest absolute Gasteiger partial charge is 0.267 e. The van der Waals surface area contributed by atoms with Crippen molar-refractivity contribution in [2.24, 2.45) is 0 Å². The van der Waals surface area contributed by atoms with Crippen LogP contribution in [0.3, 0.4) is 0 Å². The summed E-state index contributed by atoms with van der Waals surface area (Å²) >= 11 is 5.97. The van der Waals surface area contributed by atoms with E-state index in [-0.39, 0.29) is 12.1 Å². The third-order valence-corrected chi connectivity index (χ3v) is 2.59. The number of rotatable bonds is 2. The Bertz CT molecular complexity index is 609. The predicted molar refractivity (Wildman–Crippen MR) is 66.0 cm³/mol. The first-order valence-electron chi connectivity index (χ1n) is 5.01. The molecule has 88 valence electrons. The minimum Gasteiger partial charge on any atom is -0.384 e. The second kappa shape index (κ2) is 4.55. The summed E-state index contributed by atoms with van der Waals surface area (Å²) in [6.45, 7) is 2.02. The van der Waals surface area contributed by atoms with E-state index in [1.54, 1.807) is 18.3 Å². The van der Waals surface area contributed by atoms with E-state index < -0.39 is 0 Å². The van der Waals surface area contributed by atoms with E-state index in [1.807, 2.05) is 6.92 Å². The van der Waals surface area contributed by atoms with Crippen LogP contribution in [0.1, 0.15) is 11.3 Å². The van der Waals surface area contributed by atoms with Crippen LogP contribution in [0.2, 0.25) is 5.02 Å². The molecule has 0 atom stereocenters. The lowest BCUT2D eigenvalue weighted by Gasteiger charge is -2.06. The zero-order chi connectivity index (χ0) is 12.4. The van der Waals surface area contributed by atoms with Crippen LogP contribution >= 0.6 is 11.6 Å². The Labute approximate surface area is 103 Å². The zero-order valence-corrected chi connectivity index (χ0v) is 9.98. The molecule has 2 heterocycles. The molecule has 0 fully saturated rings. The van der Waals surface area contributed by atoms with Gasteiger partial charge in [-0.3, -0.25) is 4.79 Å². The van der Waals surface area contributed by atoms with Crippen molar-refractivity contribution in [2.75, 3.05) is 5.73 Å². The van der Waals surface area contributed by atoms with Gasteiger partial charge in [0.05, 0.1) is 23.5 Å². The molecule has 0 unspecified atom stereocenters. The van der Waals surface area contributed by atoms with Gasteiger partial charge in [0, 0.05) is 6.07 Å². The lowest BCUT2D eigenvalue weighted by atomic mass is 10.3. The first-order chi connectivity index (χ1) is 8.06. The topological polar surface area (TPSA) is 73.8 Å². The summed E-state index contributed by atoms with van der Waals surface area (Å²) < 4.78 is 1.29. The molecule has 0 aliphatic rings. The van der Waals surface area contributed by atoms with Gasteiger partial charge >= 0.3 is 0 Å². The molecule has 0 radical (unpaired) electrons. The van der Waals surface area contributed by atoms with Crippen molar-refractivity contribution in [3.8, 4) is 0 Å². The van der Waals surface area contributed by atoms with Crippen molar-refractivity contribution in [2.45, 2.75) is 13.5 Å². The van der Waals surface area contributed by atoms with Crippen LogP contribution in [0.15, 0.2) is 29.2 Å². The maximum absolute atomic E-state index is 11.6. The molecule has 6 heteroatoms. The Hall–Kier alpha value is -1.88. The van der Waals surface area contributed by atoms with Crippen LogP contribution in [-0.4, -0.2) is 14.8 Å². The van der Waals surface area contributed by atoms with E-state index in [9.17, 15) is 4.79 Å². The van der Waals surface area contributed by atoms with E-state index in [0.717, 1.165) is 5.56 Å². The second-order valence-corrected chi connectivity index (χ2v) is 4.10. The number of nitrogens with two attached hydrogens (primary N) is 1. The van der Waals surface area contributed by atoms with Gasteiger partial charge in [-0.25, -0.2) is 9.67 Å². The van der Waals surface area contributed by atoms with Crippen molar-refractivity contribution in [1.82, 2.24) is 14.8 Å². The molecule has 2 aromatic rings. The highest BCUT2D eigenvalue weighted by atomic mass is 35.5. The molecule has 5 nitrogen and oxygen atoms in total. The van der Waals surface area contributed by atoms with Gasteiger partial charge in [-0.1, -0.05) is 11.6 Å². The normalized spacial score (nSPS) is 10.5. The first kappa shape index (κ1) is 11.6. The van der Waals surface area contributed by atoms with Crippen molar-refractivity contribution in [1.29, 1.82) is 0 Å². The van der Waals surface area contributed by atoms with Gasteiger partial charge in [-0.2, -0.15) is 5.10 Å². The van der Waals surface area contributed by atoms with Gasteiger partial charge in [-0.15, -0.1) is 0 Å². The minimum atomic E-state index is -0.190. The van der Waals surface area contributed by atoms with Gasteiger partial charge < -0.3 is 5.73 Å². The first-order valence-corrected chi connectivity index (χ1v) is 5.39. The van der Waals surface area contributed by atoms with E-state index >= 15 is 0 Å². The zero-order valence-electron chi connectivity index (χ0n) is 9.22. The van der Waals surface area contributed by atoms with Gasteiger partial charge in [0.1, 0.15) is 5.82 Å². The third-order valence-electron chi connectivity index (χ3n) is 2.25. The molecule has 0 bridgehead atoms. The lowest BCUT2D eigenvalue weighted by molar-refractivity contribution is 0.626. The summed E-state index contributed by atoms with van der Waals surface area (Å²) in [5.41, 5.74) is 6.73. The third kappa shape index (κ3) is 2.62. The van der Waals surface area contributed by atoms with Crippen LogP contribution < -0.4 is 11.3 Å². The number of aromatic nitrogens is 3. The highest BCUT2D eigenvalue weighted by molar-refractivity contribution is 6.31. The van der Waals surface area contributed by atoms with E-state index in [0.29, 0.717) is 16.5 Å². The van der Waals surface area contributed by atoms with Crippen LogP contribution in [0.25, 0.3) is 0 Å². The molecular formula is C11H11ClN4O. The number of halogens is 1. The Kier molecular flexibility index (Phi) is 3.10. The Morgan fingerprint density at radius 3 is 2.94 bits per heavy atom. The Balaban J connectivity index is 2.38. The molecular weight excluding hydrogens is 240 g/mol. The molecule has 0 spiro atoms. The molecule has 0 amide bonds. The van der Waals surface area contributed by atoms with Crippen molar-refractivity contribution in [3.05, 3.63) is 51.0 Å². The van der Waals surface area contributed by atoms with E-state index in [4.69, 9.17) is 17.3 Å². The number of nitrogens with zero attached hydrogens (tertiary/aromatic N) is 3. The summed E-state index contributed by atoms with van der Waals surface area (Å²) in [6.07, 6.45) is 1.61. The van der Waals surface area contributed by atoms with E-state index in [2.05, 4.69) is 10.1 Å². The molecule has 0 aliphatic carbocycles. The summed E-state index contributed by atoms with van der Waals surface area (Å²) in [7, 11) is 0. The minimum absolute atomic E-state index is 0.190. The van der Waals surface area contributed by atoms with Gasteiger partial charge in [0.15, 0.2) is 0 Å². The number of hydrogen-bond acceptors (Lipinski definition) is 4. The largest absolute Gasteiger partial charge is 0.384 e. The van der Waals surface area contributed by atoms with Crippen molar-refractivity contribution >= 4 is 17.4 Å². The molecule has 0 aliphatic heterocycles. The maximum Gasteiger partial charge on any atom is 0.267 e. The highest BCUT2D eigenvalue weighted by Gasteiger charge is 2.06. The fraction of sp³-hybridized carbons (Fsp3) is 0.182. The fourth-order valence-electron chi connectivity index (χ4n) is 1.40. The summed E-state index contributed by atoms with van der Waals surface area (Å²) in [5.74, 6) is 0.365. The van der Waals surface area contributed by atoms with Crippen LogP contribution in [0.5, 0.6) is 0 Å². The number of anilines is 1. The summed E-state index contributed by atoms with van der Waals surface area (Å²) in [5, 5.41) is 4.47. The number of pyridine rings is 1. The Morgan fingerprint density at radius 2 is 2.24 bits per heavy atom. The average Bonchev–Trinajstić information content (AvgIpc) is 2.27. The number of nitrogen functional groups attached to an aromatic ring is 1. The second-order valence-electron chi connectivity index (χ2n) is 3.69. The quantitative estimate of drug-likeness (QED) is 0.870. The number of aryl methyl sites for hydroxylation is 1. The van der Waals surface area contributed by atoms with Gasteiger partial charge in [-0.05, 0) is 24.6 Å². The fourth-order valence-corrected chi connectivity index (χ4v) is 1.56. The molecule has 2 N–H and O–H groups in total. The molecule has 0 saturated carbocycles. The van der Waals surface area contributed by atoms with Gasteiger partial charge in [0.2, 0.25) is 0 Å².